The Bertz CT molecular complexity index is 1360. The minimum Gasteiger partial charge on any atom is -0.497 e. The number of β-amino-alcohol motifs (C(OH)–C–C–N with tert-alkyl or cyclic N) is 1. The molecule has 1 saturated heterocycles. The van der Waals surface area contributed by atoms with Crippen molar-refractivity contribution in [2.45, 2.75) is 26.0 Å². The van der Waals surface area contributed by atoms with Gasteiger partial charge in [-0.25, -0.2) is 0 Å². The van der Waals surface area contributed by atoms with Crippen LogP contribution in [0.15, 0.2) is 79.0 Å². The third kappa shape index (κ3) is 6.53. The van der Waals surface area contributed by atoms with Gasteiger partial charge in [-0.1, -0.05) is 49.4 Å². The summed E-state index contributed by atoms with van der Waals surface area (Å²) in [6.07, 6.45) is 2.60. The van der Waals surface area contributed by atoms with E-state index in [1.54, 1.807) is 14.2 Å². The maximum atomic E-state index is 11.0. The number of fused-ring (bicyclic) bond motifs is 1. The van der Waals surface area contributed by atoms with Crippen LogP contribution in [-0.4, -0.2) is 67.7 Å². The Morgan fingerprint density at radius 2 is 1.43 bits per heavy atom. The highest BCUT2D eigenvalue weighted by molar-refractivity contribution is 6.05. The number of aliphatic hydroxyl groups is 1. The predicted octanol–water partition coefficient (Wildman–Crippen LogP) is 6.14. The van der Waals surface area contributed by atoms with Crippen molar-refractivity contribution in [1.82, 2.24) is 9.47 Å². The lowest BCUT2D eigenvalue weighted by Crippen LogP contribution is -2.41. The Hall–Kier alpha value is -3.29. The molecule has 1 atom stereocenters. The molecule has 40 heavy (non-hydrogen) atoms. The van der Waals surface area contributed by atoms with E-state index in [2.05, 4.69) is 71.1 Å². The van der Waals surface area contributed by atoms with Gasteiger partial charge in [0.2, 0.25) is 0 Å². The molecule has 1 aliphatic rings. The van der Waals surface area contributed by atoms with Crippen LogP contribution < -0.4 is 9.47 Å². The van der Waals surface area contributed by atoms with Crippen LogP contribution in [0.1, 0.15) is 30.0 Å². The second-order valence-corrected chi connectivity index (χ2v) is 9.94. The van der Waals surface area contributed by atoms with Crippen molar-refractivity contribution in [3.8, 4) is 11.5 Å². The summed E-state index contributed by atoms with van der Waals surface area (Å²) in [4.78, 5) is 2.28. The van der Waals surface area contributed by atoms with E-state index in [-0.39, 0.29) is 12.4 Å². The minimum absolute atomic E-state index is 0. The van der Waals surface area contributed by atoms with Gasteiger partial charge in [-0.3, -0.25) is 4.90 Å². The van der Waals surface area contributed by atoms with Crippen LogP contribution in [0.3, 0.4) is 0 Å². The van der Waals surface area contributed by atoms with E-state index in [1.807, 2.05) is 24.3 Å². The molecule has 0 aliphatic carbocycles. The first kappa shape index (κ1) is 29.7. The topological polar surface area (TPSA) is 56.1 Å². The van der Waals surface area contributed by atoms with Gasteiger partial charge < -0.3 is 23.9 Å². The maximum Gasteiger partial charge on any atom is 0.118 e. The lowest BCUT2D eigenvalue weighted by atomic mass is 9.88. The zero-order valence-electron chi connectivity index (χ0n) is 23.5. The quantitative estimate of drug-likeness (QED) is 0.251. The average molecular weight is 563 g/mol. The van der Waals surface area contributed by atoms with Crippen LogP contribution in [-0.2, 0) is 11.3 Å². The maximum absolute atomic E-state index is 11.0. The molecule has 1 unspecified atom stereocenters. The fourth-order valence-corrected chi connectivity index (χ4v) is 5.54. The van der Waals surface area contributed by atoms with Crippen LogP contribution in [0.2, 0.25) is 0 Å². The van der Waals surface area contributed by atoms with Crippen molar-refractivity contribution < 1.29 is 19.3 Å². The molecule has 1 aliphatic heterocycles. The van der Waals surface area contributed by atoms with Crippen molar-refractivity contribution in [3.05, 3.63) is 95.7 Å². The number of aromatic nitrogens is 1. The molecule has 212 valence electrons. The SMILES string of the molecule is CCC(=C(c1ccc(OC)cc1)c1ccc(OC)cc1)c1cn(CC(O)CN2CCOCC2)c2ccccc12.Cl. The molecule has 0 saturated carbocycles. The number of morpholine rings is 1. The molecule has 1 N–H and O–H groups in total. The number of rotatable bonds is 10. The van der Waals surface area contributed by atoms with Crippen molar-refractivity contribution >= 4 is 34.5 Å². The van der Waals surface area contributed by atoms with Crippen LogP contribution >= 0.6 is 12.4 Å². The highest BCUT2D eigenvalue weighted by atomic mass is 35.5. The van der Waals surface area contributed by atoms with Gasteiger partial charge >= 0.3 is 0 Å². The summed E-state index contributed by atoms with van der Waals surface area (Å²) < 4.78 is 18.6. The first-order valence-electron chi connectivity index (χ1n) is 13.7. The van der Waals surface area contributed by atoms with E-state index in [0.717, 1.165) is 60.9 Å². The van der Waals surface area contributed by atoms with Crippen molar-refractivity contribution in [2.75, 3.05) is 47.1 Å². The van der Waals surface area contributed by atoms with E-state index in [4.69, 9.17) is 14.2 Å². The molecule has 4 aromatic rings. The van der Waals surface area contributed by atoms with Gasteiger partial charge in [0.15, 0.2) is 0 Å². The third-order valence-corrected chi connectivity index (χ3v) is 7.51. The van der Waals surface area contributed by atoms with E-state index >= 15 is 0 Å². The third-order valence-electron chi connectivity index (χ3n) is 7.51. The molecule has 0 spiro atoms. The predicted molar refractivity (Wildman–Crippen MR) is 165 cm³/mol. The molecular weight excluding hydrogens is 524 g/mol. The Morgan fingerprint density at radius 1 is 0.850 bits per heavy atom. The number of hydrogen-bond acceptors (Lipinski definition) is 5. The molecule has 5 rings (SSSR count). The Labute approximate surface area is 243 Å². The van der Waals surface area contributed by atoms with Crippen molar-refractivity contribution in [1.29, 1.82) is 0 Å². The molecule has 1 fully saturated rings. The van der Waals surface area contributed by atoms with Crippen LogP contribution in [0.4, 0.5) is 0 Å². The second kappa shape index (κ2) is 13.9. The number of aliphatic hydroxyl groups excluding tert-OH is 1. The van der Waals surface area contributed by atoms with Crippen LogP contribution in [0.25, 0.3) is 22.0 Å². The molecule has 1 aromatic heterocycles. The van der Waals surface area contributed by atoms with Gasteiger partial charge in [0.05, 0.1) is 33.5 Å². The van der Waals surface area contributed by atoms with Crippen LogP contribution in [0.5, 0.6) is 11.5 Å². The fraction of sp³-hybridized carbons (Fsp3) is 0.333. The summed E-state index contributed by atoms with van der Waals surface area (Å²) in [5, 5.41) is 12.2. The Balaban J connectivity index is 0.00000370. The monoisotopic (exact) mass is 562 g/mol. The molecule has 6 nitrogen and oxygen atoms in total. The zero-order chi connectivity index (χ0) is 27.2. The number of ether oxygens (including phenoxy) is 3. The summed E-state index contributed by atoms with van der Waals surface area (Å²) in [6.45, 7) is 6.58. The molecule has 0 radical (unpaired) electrons. The van der Waals surface area contributed by atoms with Gasteiger partial charge in [-0.05, 0) is 59.0 Å². The normalized spacial score (nSPS) is 14.4. The number of benzene rings is 3. The number of para-hydroxylation sites is 1. The lowest BCUT2D eigenvalue weighted by molar-refractivity contribution is 0.0117. The molecule has 2 heterocycles. The summed E-state index contributed by atoms with van der Waals surface area (Å²) >= 11 is 0. The number of methoxy groups -OCH3 is 2. The van der Waals surface area contributed by atoms with E-state index in [0.29, 0.717) is 13.1 Å². The van der Waals surface area contributed by atoms with E-state index < -0.39 is 6.10 Å². The molecule has 0 bridgehead atoms. The number of hydrogen-bond donors (Lipinski definition) is 1. The van der Waals surface area contributed by atoms with Gasteiger partial charge in [-0.2, -0.15) is 0 Å². The average Bonchev–Trinajstić information content (AvgIpc) is 3.34. The first-order valence-corrected chi connectivity index (χ1v) is 13.7. The van der Waals surface area contributed by atoms with Gasteiger partial charge in [-0.15, -0.1) is 12.4 Å². The van der Waals surface area contributed by atoms with Crippen molar-refractivity contribution in [3.63, 3.8) is 0 Å². The largest absolute Gasteiger partial charge is 0.497 e. The number of halogens is 1. The zero-order valence-corrected chi connectivity index (χ0v) is 24.3. The highest BCUT2D eigenvalue weighted by Crippen LogP contribution is 2.39. The Kier molecular flexibility index (Phi) is 10.3. The molecule has 7 heteroatoms. The summed E-state index contributed by atoms with van der Waals surface area (Å²) in [6, 6.07) is 25.0. The summed E-state index contributed by atoms with van der Waals surface area (Å²) in [5.41, 5.74) is 7.00. The number of allylic oxidation sites excluding steroid dienone is 1. The van der Waals surface area contributed by atoms with Gasteiger partial charge in [0, 0.05) is 48.8 Å². The van der Waals surface area contributed by atoms with E-state index in [1.165, 1.54) is 22.1 Å². The molecule has 3 aromatic carbocycles. The standard InChI is InChI=1S/C33H38N2O4.ClH/c1-4-29(33(24-9-13-27(37-2)14-10-24)25-11-15-28(38-3)16-12-25)31-23-35(32-8-6-5-7-30(31)32)22-26(36)21-34-17-19-39-20-18-34;/h5-16,23,26,36H,4,17-22H2,1-3H3;1H. The van der Waals surface area contributed by atoms with Crippen molar-refractivity contribution in [2.24, 2.45) is 0 Å². The van der Waals surface area contributed by atoms with Gasteiger partial charge in [0.1, 0.15) is 11.5 Å². The van der Waals surface area contributed by atoms with Crippen LogP contribution in [0, 0.1) is 0 Å². The highest BCUT2D eigenvalue weighted by Gasteiger charge is 2.20. The summed E-state index contributed by atoms with van der Waals surface area (Å²) in [5.74, 6) is 1.66. The first-order chi connectivity index (χ1) is 19.1. The Morgan fingerprint density at radius 3 is 1.98 bits per heavy atom. The molecule has 0 amide bonds. The number of nitrogens with zero attached hydrogens (tertiary/aromatic N) is 2. The minimum atomic E-state index is -0.469. The van der Waals surface area contributed by atoms with E-state index in [9.17, 15) is 5.11 Å². The second-order valence-electron chi connectivity index (χ2n) is 9.94. The smallest absolute Gasteiger partial charge is 0.118 e. The van der Waals surface area contributed by atoms with Gasteiger partial charge in [0.25, 0.3) is 0 Å². The molecular formula is C33H39ClN2O4. The fourth-order valence-electron chi connectivity index (χ4n) is 5.54. The summed E-state index contributed by atoms with van der Waals surface area (Å²) in [7, 11) is 3.38. The lowest BCUT2D eigenvalue weighted by Gasteiger charge is -2.28.